The molecule has 0 aliphatic carbocycles. The van der Waals surface area contributed by atoms with E-state index in [0.29, 0.717) is 16.7 Å². The van der Waals surface area contributed by atoms with Gasteiger partial charge >= 0.3 is 0 Å². The van der Waals surface area contributed by atoms with Crippen LogP contribution < -0.4 is 5.73 Å². The summed E-state index contributed by atoms with van der Waals surface area (Å²) in [5, 5.41) is 1.38. The quantitative estimate of drug-likeness (QED) is 0.616. The SMILES string of the molecule is Cc1nc(-c2cncnc2)sc1-c1cc2occc2c(C(N)=O)n1. The molecule has 0 aliphatic heterocycles. The van der Waals surface area contributed by atoms with Gasteiger partial charge < -0.3 is 10.2 Å². The standard InChI is InChI=1S/C16H11N5O2S/c1-8-14(24-16(20-8)9-5-18-7-19-6-9)11-4-12-10(2-3-23-12)13(21-11)15(17)22/h2-7H,1H3,(H2,17,22). The maximum atomic E-state index is 11.7. The van der Waals surface area contributed by atoms with Crippen LogP contribution >= 0.6 is 11.3 Å². The van der Waals surface area contributed by atoms with Crippen molar-refractivity contribution < 1.29 is 9.21 Å². The maximum Gasteiger partial charge on any atom is 0.268 e. The molecule has 8 heteroatoms. The highest BCUT2D eigenvalue weighted by Crippen LogP contribution is 2.35. The summed E-state index contributed by atoms with van der Waals surface area (Å²) < 4.78 is 5.42. The summed E-state index contributed by atoms with van der Waals surface area (Å²) in [6, 6.07) is 3.46. The fourth-order valence-electron chi connectivity index (χ4n) is 2.44. The molecule has 0 aromatic carbocycles. The predicted octanol–water partition coefficient (Wildman–Crippen LogP) is 2.82. The lowest BCUT2D eigenvalue weighted by Crippen LogP contribution is -2.13. The molecule has 2 N–H and O–H groups in total. The summed E-state index contributed by atoms with van der Waals surface area (Å²) >= 11 is 1.45. The molecule has 4 aromatic rings. The molecule has 0 saturated heterocycles. The van der Waals surface area contributed by atoms with E-state index in [4.69, 9.17) is 10.2 Å². The average Bonchev–Trinajstić information content (AvgIpc) is 3.20. The normalized spacial score (nSPS) is 11.0. The summed E-state index contributed by atoms with van der Waals surface area (Å²) in [6.07, 6.45) is 6.38. The second kappa shape index (κ2) is 5.50. The van der Waals surface area contributed by atoms with Gasteiger partial charge in [0.2, 0.25) is 0 Å². The van der Waals surface area contributed by atoms with Crippen molar-refractivity contribution in [3.05, 3.63) is 48.5 Å². The maximum absolute atomic E-state index is 11.7. The fourth-order valence-corrected chi connectivity index (χ4v) is 3.44. The van der Waals surface area contributed by atoms with Crippen LogP contribution in [0.15, 0.2) is 41.5 Å². The Labute approximate surface area is 140 Å². The number of carbonyl (C=O) groups excluding carboxylic acids is 1. The van der Waals surface area contributed by atoms with Crippen molar-refractivity contribution in [3.63, 3.8) is 0 Å². The van der Waals surface area contributed by atoms with Gasteiger partial charge in [-0.1, -0.05) is 0 Å². The van der Waals surface area contributed by atoms with Gasteiger partial charge in [0.1, 0.15) is 22.6 Å². The van der Waals surface area contributed by atoms with Gasteiger partial charge in [0.15, 0.2) is 0 Å². The van der Waals surface area contributed by atoms with Gasteiger partial charge in [-0.25, -0.2) is 19.9 Å². The number of pyridine rings is 1. The highest BCUT2D eigenvalue weighted by molar-refractivity contribution is 7.18. The Morgan fingerprint density at radius 3 is 2.79 bits per heavy atom. The van der Waals surface area contributed by atoms with Crippen molar-refractivity contribution in [3.8, 4) is 21.1 Å². The molecule has 118 valence electrons. The smallest absolute Gasteiger partial charge is 0.268 e. The zero-order valence-corrected chi connectivity index (χ0v) is 13.4. The first kappa shape index (κ1) is 14.5. The predicted molar refractivity (Wildman–Crippen MR) is 89.4 cm³/mol. The molecule has 1 amide bonds. The molecule has 0 spiro atoms. The molecule has 0 saturated carbocycles. The Balaban J connectivity index is 1.89. The molecule has 4 rings (SSSR count). The van der Waals surface area contributed by atoms with Crippen LogP contribution in [0.25, 0.3) is 32.1 Å². The van der Waals surface area contributed by atoms with Crippen molar-refractivity contribution >= 4 is 28.2 Å². The molecule has 4 aromatic heterocycles. The fraction of sp³-hybridized carbons (Fsp3) is 0.0625. The van der Waals surface area contributed by atoms with Crippen LogP contribution in [-0.4, -0.2) is 25.8 Å². The Morgan fingerprint density at radius 1 is 1.25 bits per heavy atom. The van der Waals surface area contributed by atoms with Crippen LogP contribution in [-0.2, 0) is 0 Å². The lowest BCUT2D eigenvalue weighted by atomic mass is 10.2. The van der Waals surface area contributed by atoms with E-state index >= 15 is 0 Å². The Hall–Kier alpha value is -3.13. The number of furan rings is 1. The van der Waals surface area contributed by atoms with E-state index in [2.05, 4.69) is 19.9 Å². The molecular formula is C16H11N5O2S. The second-order valence-corrected chi connectivity index (χ2v) is 6.11. The van der Waals surface area contributed by atoms with Gasteiger partial charge in [-0.15, -0.1) is 11.3 Å². The first-order valence-corrected chi connectivity index (χ1v) is 7.86. The van der Waals surface area contributed by atoms with Crippen molar-refractivity contribution in [1.82, 2.24) is 19.9 Å². The number of carbonyl (C=O) groups is 1. The molecule has 0 fully saturated rings. The number of nitrogens with two attached hydrogens (primary N) is 1. The number of hydrogen-bond donors (Lipinski definition) is 1. The first-order valence-electron chi connectivity index (χ1n) is 7.04. The first-order chi connectivity index (χ1) is 11.6. The number of rotatable bonds is 3. The Bertz CT molecular complexity index is 1050. The van der Waals surface area contributed by atoms with E-state index in [1.165, 1.54) is 23.9 Å². The van der Waals surface area contributed by atoms with Crippen molar-refractivity contribution in [1.29, 1.82) is 0 Å². The van der Waals surface area contributed by atoms with Gasteiger partial charge in [-0.2, -0.15) is 0 Å². The highest BCUT2D eigenvalue weighted by atomic mass is 32.1. The van der Waals surface area contributed by atoms with Gasteiger partial charge in [-0.05, 0) is 13.0 Å². The van der Waals surface area contributed by atoms with Crippen LogP contribution in [0.3, 0.4) is 0 Å². The molecule has 0 unspecified atom stereocenters. The largest absolute Gasteiger partial charge is 0.464 e. The van der Waals surface area contributed by atoms with Crippen LogP contribution in [0, 0.1) is 6.92 Å². The number of nitrogens with zero attached hydrogens (tertiary/aromatic N) is 4. The molecule has 24 heavy (non-hydrogen) atoms. The molecule has 0 radical (unpaired) electrons. The monoisotopic (exact) mass is 337 g/mol. The lowest BCUT2D eigenvalue weighted by molar-refractivity contribution is 0.0997. The molecule has 7 nitrogen and oxygen atoms in total. The number of aryl methyl sites for hydroxylation is 1. The summed E-state index contributed by atoms with van der Waals surface area (Å²) in [6.45, 7) is 1.89. The van der Waals surface area contributed by atoms with E-state index in [1.54, 1.807) is 24.5 Å². The zero-order valence-electron chi connectivity index (χ0n) is 12.6. The minimum Gasteiger partial charge on any atom is -0.464 e. The Morgan fingerprint density at radius 2 is 2.04 bits per heavy atom. The van der Waals surface area contributed by atoms with Crippen LogP contribution in [0.4, 0.5) is 0 Å². The molecule has 0 atom stereocenters. The summed E-state index contributed by atoms with van der Waals surface area (Å²) in [4.78, 5) is 29.5. The van der Waals surface area contributed by atoms with Gasteiger partial charge in [-0.3, -0.25) is 4.79 Å². The lowest BCUT2D eigenvalue weighted by Gasteiger charge is -2.02. The van der Waals surface area contributed by atoms with E-state index in [9.17, 15) is 4.79 Å². The highest BCUT2D eigenvalue weighted by Gasteiger charge is 2.18. The number of thiazole rings is 1. The van der Waals surface area contributed by atoms with E-state index in [0.717, 1.165) is 21.1 Å². The molecular weight excluding hydrogens is 326 g/mol. The number of aromatic nitrogens is 4. The third-order valence-electron chi connectivity index (χ3n) is 3.52. The Kier molecular flexibility index (Phi) is 3.31. The molecule has 0 aliphatic rings. The summed E-state index contributed by atoms with van der Waals surface area (Å²) in [5.74, 6) is -0.595. The minimum atomic E-state index is -0.595. The number of hydrogen-bond acceptors (Lipinski definition) is 7. The molecule has 4 heterocycles. The third kappa shape index (κ3) is 2.33. The molecule has 0 bridgehead atoms. The van der Waals surface area contributed by atoms with Crippen molar-refractivity contribution in [2.24, 2.45) is 5.73 Å². The number of primary amides is 1. The van der Waals surface area contributed by atoms with Gasteiger partial charge in [0.25, 0.3) is 5.91 Å². The number of fused-ring (bicyclic) bond motifs is 1. The third-order valence-corrected chi connectivity index (χ3v) is 4.75. The van der Waals surface area contributed by atoms with Crippen LogP contribution in [0.2, 0.25) is 0 Å². The average molecular weight is 337 g/mol. The second-order valence-electron chi connectivity index (χ2n) is 5.11. The topological polar surface area (TPSA) is 108 Å². The minimum absolute atomic E-state index is 0.189. The van der Waals surface area contributed by atoms with E-state index in [1.807, 2.05) is 6.92 Å². The van der Waals surface area contributed by atoms with Crippen LogP contribution in [0.1, 0.15) is 16.2 Å². The van der Waals surface area contributed by atoms with E-state index < -0.39 is 5.91 Å². The van der Waals surface area contributed by atoms with Gasteiger partial charge in [0.05, 0.1) is 27.9 Å². The van der Waals surface area contributed by atoms with Crippen molar-refractivity contribution in [2.45, 2.75) is 6.92 Å². The summed E-state index contributed by atoms with van der Waals surface area (Å²) in [5.41, 5.74) is 8.42. The van der Waals surface area contributed by atoms with E-state index in [-0.39, 0.29) is 5.69 Å². The van der Waals surface area contributed by atoms with Gasteiger partial charge in [0, 0.05) is 24.0 Å². The van der Waals surface area contributed by atoms with Crippen LogP contribution in [0.5, 0.6) is 0 Å². The van der Waals surface area contributed by atoms with Crippen molar-refractivity contribution in [2.75, 3.05) is 0 Å². The number of amides is 1. The zero-order chi connectivity index (χ0) is 16.7. The summed E-state index contributed by atoms with van der Waals surface area (Å²) in [7, 11) is 0.